The van der Waals surface area contributed by atoms with Crippen molar-refractivity contribution in [2.24, 2.45) is 0 Å². The summed E-state index contributed by atoms with van der Waals surface area (Å²) in [6.45, 7) is 0. The summed E-state index contributed by atoms with van der Waals surface area (Å²) in [5.41, 5.74) is 0.772. The number of nitrogens with zero attached hydrogens (tertiary/aromatic N) is 2. The van der Waals surface area contributed by atoms with E-state index in [4.69, 9.17) is 0 Å². The average molecular weight is 226 g/mol. The van der Waals surface area contributed by atoms with Gasteiger partial charge in [0.2, 0.25) is 0 Å². The molecule has 4 nitrogen and oxygen atoms in total. The molecule has 2 aromatic heterocycles. The Balaban J connectivity index is 2.18. The largest absolute Gasteiger partial charge is 0.618 e. The fourth-order valence-electron chi connectivity index (χ4n) is 1.34. The molecule has 0 saturated carbocycles. The van der Waals surface area contributed by atoms with Crippen LogP contribution in [0.5, 0.6) is 0 Å². The summed E-state index contributed by atoms with van der Waals surface area (Å²) in [4.78, 5) is 15.7. The van der Waals surface area contributed by atoms with Crippen molar-refractivity contribution in [2.75, 3.05) is 0 Å². The SMILES string of the molecule is O=C(C=Cc1ccccn1)c1cccc[n+]1[O-]. The fourth-order valence-corrected chi connectivity index (χ4v) is 1.34. The fraction of sp³-hybridized carbons (Fsp3) is 0. The van der Waals surface area contributed by atoms with Crippen LogP contribution in [0, 0.1) is 5.21 Å². The van der Waals surface area contributed by atoms with Gasteiger partial charge in [0.15, 0.2) is 6.20 Å². The number of carbonyl (C=O) groups is 1. The molecule has 84 valence electrons. The predicted octanol–water partition coefficient (Wildman–Crippen LogP) is 1.61. The first kappa shape index (κ1) is 11.0. The third-order valence-corrected chi connectivity index (χ3v) is 2.17. The van der Waals surface area contributed by atoms with Gasteiger partial charge in [-0.3, -0.25) is 9.78 Å². The molecule has 2 rings (SSSR count). The van der Waals surface area contributed by atoms with E-state index in [9.17, 15) is 10.0 Å². The maximum Gasteiger partial charge on any atom is 0.264 e. The molecule has 2 aromatic rings. The lowest BCUT2D eigenvalue weighted by Gasteiger charge is -1.99. The van der Waals surface area contributed by atoms with Crippen LogP contribution in [0.3, 0.4) is 0 Å². The second kappa shape index (κ2) is 5.03. The van der Waals surface area contributed by atoms with E-state index in [0.717, 1.165) is 0 Å². The van der Waals surface area contributed by atoms with Crippen LogP contribution in [0.1, 0.15) is 16.2 Å². The zero-order valence-electron chi connectivity index (χ0n) is 8.98. The minimum atomic E-state index is -0.341. The summed E-state index contributed by atoms with van der Waals surface area (Å²) < 4.78 is 0.547. The van der Waals surface area contributed by atoms with E-state index in [2.05, 4.69) is 4.98 Å². The van der Waals surface area contributed by atoms with Crippen LogP contribution < -0.4 is 4.73 Å². The normalized spacial score (nSPS) is 10.6. The number of carbonyl (C=O) groups excluding carboxylic acids is 1. The minimum absolute atomic E-state index is 0.0969. The van der Waals surface area contributed by atoms with Crippen LogP contribution in [-0.2, 0) is 0 Å². The van der Waals surface area contributed by atoms with E-state index in [-0.39, 0.29) is 11.5 Å². The van der Waals surface area contributed by atoms with E-state index < -0.39 is 0 Å². The van der Waals surface area contributed by atoms with Crippen molar-refractivity contribution in [3.8, 4) is 0 Å². The van der Waals surface area contributed by atoms with Crippen LogP contribution in [0.15, 0.2) is 54.9 Å². The van der Waals surface area contributed by atoms with Crippen molar-refractivity contribution in [1.82, 2.24) is 4.98 Å². The molecule has 0 aromatic carbocycles. The standard InChI is InChI=1S/C13H10N2O2/c16-13(12-6-2-4-10-15(12)17)8-7-11-5-1-3-9-14-11/h1-10H. The molecule has 0 atom stereocenters. The van der Waals surface area contributed by atoms with Crippen molar-refractivity contribution in [1.29, 1.82) is 0 Å². The average Bonchev–Trinajstić information content (AvgIpc) is 2.38. The molecule has 0 aliphatic heterocycles. The van der Waals surface area contributed by atoms with Gasteiger partial charge in [0.1, 0.15) is 0 Å². The molecule has 0 unspecified atom stereocenters. The Hall–Kier alpha value is -2.49. The van der Waals surface area contributed by atoms with Gasteiger partial charge < -0.3 is 5.21 Å². The first-order valence-electron chi connectivity index (χ1n) is 5.09. The lowest BCUT2D eigenvalue weighted by Crippen LogP contribution is -2.33. The number of hydrogen-bond donors (Lipinski definition) is 0. The van der Waals surface area contributed by atoms with Crippen LogP contribution >= 0.6 is 0 Å². The summed E-state index contributed by atoms with van der Waals surface area (Å²) in [5.74, 6) is -0.341. The van der Waals surface area contributed by atoms with Gasteiger partial charge in [-0.2, -0.15) is 4.73 Å². The van der Waals surface area contributed by atoms with E-state index in [0.29, 0.717) is 10.4 Å². The third-order valence-electron chi connectivity index (χ3n) is 2.17. The summed E-state index contributed by atoms with van der Waals surface area (Å²) >= 11 is 0. The van der Waals surface area contributed by atoms with Crippen LogP contribution in [0.2, 0.25) is 0 Å². The summed E-state index contributed by atoms with van der Waals surface area (Å²) in [6, 6.07) is 10.1. The number of aromatic nitrogens is 2. The highest BCUT2D eigenvalue weighted by Crippen LogP contribution is 2.00. The maximum atomic E-state index is 11.7. The number of hydrogen-bond acceptors (Lipinski definition) is 3. The van der Waals surface area contributed by atoms with Crippen molar-refractivity contribution in [3.05, 3.63) is 71.5 Å². The lowest BCUT2D eigenvalue weighted by atomic mass is 10.2. The molecule has 0 amide bonds. The topological polar surface area (TPSA) is 56.9 Å². The Kier molecular flexibility index (Phi) is 3.25. The quantitative estimate of drug-likeness (QED) is 0.346. The number of ketones is 1. The molecule has 4 heteroatoms. The highest BCUT2D eigenvalue weighted by molar-refractivity contribution is 6.04. The van der Waals surface area contributed by atoms with Crippen LogP contribution in [0.4, 0.5) is 0 Å². The van der Waals surface area contributed by atoms with E-state index >= 15 is 0 Å². The molecular weight excluding hydrogens is 216 g/mol. The molecule has 0 saturated heterocycles. The minimum Gasteiger partial charge on any atom is -0.618 e. The predicted molar refractivity (Wildman–Crippen MR) is 63.0 cm³/mol. The first-order valence-corrected chi connectivity index (χ1v) is 5.09. The molecule has 0 spiro atoms. The van der Waals surface area contributed by atoms with Gasteiger partial charge in [0.05, 0.1) is 5.69 Å². The van der Waals surface area contributed by atoms with Gasteiger partial charge in [-0.25, -0.2) is 0 Å². The Morgan fingerprint density at radius 2 is 2.06 bits per heavy atom. The summed E-state index contributed by atoms with van der Waals surface area (Å²) in [6.07, 6.45) is 5.85. The maximum absolute atomic E-state index is 11.7. The zero-order valence-corrected chi connectivity index (χ0v) is 8.98. The van der Waals surface area contributed by atoms with Crippen molar-refractivity contribution in [3.63, 3.8) is 0 Å². The van der Waals surface area contributed by atoms with Crippen molar-refractivity contribution < 1.29 is 9.52 Å². The molecule has 0 aliphatic carbocycles. The van der Waals surface area contributed by atoms with Gasteiger partial charge in [-0.05, 0) is 30.4 Å². The van der Waals surface area contributed by atoms with E-state index in [1.807, 2.05) is 6.07 Å². The Morgan fingerprint density at radius 3 is 2.76 bits per heavy atom. The summed E-state index contributed by atoms with van der Waals surface area (Å²) in [5, 5.41) is 11.3. The number of pyridine rings is 2. The second-order valence-electron chi connectivity index (χ2n) is 3.36. The number of rotatable bonds is 3. The molecule has 0 bridgehead atoms. The molecular formula is C13H10N2O2. The molecule has 0 fully saturated rings. The first-order chi connectivity index (χ1) is 8.27. The lowest BCUT2D eigenvalue weighted by molar-refractivity contribution is -0.607. The molecule has 0 N–H and O–H groups in total. The van der Waals surface area contributed by atoms with Gasteiger partial charge in [0, 0.05) is 18.3 Å². The van der Waals surface area contributed by atoms with Crippen molar-refractivity contribution >= 4 is 11.9 Å². The molecule has 17 heavy (non-hydrogen) atoms. The Bertz CT molecular complexity index is 550. The molecule has 0 radical (unpaired) electrons. The van der Waals surface area contributed by atoms with Crippen LogP contribution in [-0.4, -0.2) is 10.8 Å². The highest BCUT2D eigenvalue weighted by atomic mass is 16.5. The van der Waals surface area contributed by atoms with E-state index in [1.54, 1.807) is 36.5 Å². The molecule has 2 heterocycles. The zero-order chi connectivity index (χ0) is 12.1. The second-order valence-corrected chi connectivity index (χ2v) is 3.36. The molecule has 0 aliphatic rings. The van der Waals surface area contributed by atoms with Gasteiger partial charge in [0.25, 0.3) is 11.5 Å². The third kappa shape index (κ3) is 2.75. The number of allylic oxidation sites excluding steroid dienone is 1. The smallest absolute Gasteiger partial charge is 0.264 e. The Morgan fingerprint density at radius 1 is 1.24 bits per heavy atom. The van der Waals surface area contributed by atoms with E-state index in [1.165, 1.54) is 18.3 Å². The van der Waals surface area contributed by atoms with Gasteiger partial charge in [-0.15, -0.1) is 0 Å². The van der Waals surface area contributed by atoms with Crippen LogP contribution in [0.25, 0.3) is 6.08 Å². The Labute approximate surface area is 98.5 Å². The summed E-state index contributed by atoms with van der Waals surface area (Å²) in [7, 11) is 0. The monoisotopic (exact) mass is 226 g/mol. The highest BCUT2D eigenvalue weighted by Gasteiger charge is 2.10. The van der Waals surface area contributed by atoms with Gasteiger partial charge in [-0.1, -0.05) is 6.07 Å². The van der Waals surface area contributed by atoms with Gasteiger partial charge >= 0.3 is 0 Å². The van der Waals surface area contributed by atoms with Crippen molar-refractivity contribution in [2.45, 2.75) is 0 Å².